The molecule has 0 spiro atoms. The molecule has 4 N–H and O–H groups in total. The van der Waals surface area contributed by atoms with Crippen LogP contribution in [0.3, 0.4) is 0 Å². The molecule has 7 nitrogen and oxygen atoms in total. The monoisotopic (exact) mass is 305 g/mol. The van der Waals surface area contributed by atoms with E-state index in [1.54, 1.807) is 0 Å². The number of hydrogen-bond donors (Lipinski definition) is 3. The zero-order valence-corrected chi connectivity index (χ0v) is 11.7. The summed E-state index contributed by atoms with van der Waals surface area (Å²) in [6, 6.07) is 3.19. The number of methoxy groups -OCH3 is 1. The van der Waals surface area contributed by atoms with Gasteiger partial charge < -0.3 is 15.8 Å². The van der Waals surface area contributed by atoms with E-state index >= 15 is 0 Å². The molecule has 0 aliphatic heterocycles. The molecule has 1 aromatic carbocycles. The molecule has 0 saturated carbocycles. The molecule has 0 aliphatic carbocycles. The first-order chi connectivity index (χ1) is 9.36. The van der Waals surface area contributed by atoms with Crippen molar-refractivity contribution in [1.82, 2.24) is 10.0 Å². The fourth-order valence-corrected chi connectivity index (χ4v) is 2.37. The number of halogens is 1. The van der Waals surface area contributed by atoms with E-state index in [2.05, 4.69) is 5.32 Å². The summed E-state index contributed by atoms with van der Waals surface area (Å²) in [4.78, 5) is 10.8. The lowest BCUT2D eigenvalue weighted by Crippen LogP contribution is -2.38. The van der Waals surface area contributed by atoms with Crippen molar-refractivity contribution in [3.05, 3.63) is 24.0 Å². The second-order valence-corrected chi connectivity index (χ2v) is 5.59. The molecule has 1 rings (SSSR count). The van der Waals surface area contributed by atoms with E-state index in [0.717, 1.165) is 12.1 Å². The Labute approximate surface area is 116 Å². The molecule has 1 aromatic rings. The molecule has 0 unspecified atom stereocenters. The SMILES string of the molecule is COCCNC(=O)CNS(=O)(=O)c1ccc(N)cc1F. The highest BCUT2D eigenvalue weighted by Crippen LogP contribution is 2.16. The normalized spacial score (nSPS) is 11.3. The second-order valence-electron chi connectivity index (χ2n) is 3.86. The molecule has 0 heterocycles. The Hall–Kier alpha value is -1.71. The molecule has 0 aliphatic rings. The van der Waals surface area contributed by atoms with Gasteiger partial charge in [-0.15, -0.1) is 0 Å². The first-order valence-corrected chi connectivity index (χ1v) is 7.15. The van der Waals surface area contributed by atoms with Crippen molar-refractivity contribution in [3.8, 4) is 0 Å². The maximum Gasteiger partial charge on any atom is 0.243 e. The summed E-state index contributed by atoms with van der Waals surface area (Å²) in [6.45, 7) is 0.0776. The van der Waals surface area contributed by atoms with Gasteiger partial charge in [-0.25, -0.2) is 17.5 Å². The van der Waals surface area contributed by atoms with Crippen molar-refractivity contribution in [3.63, 3.8) is 0 Å². The predicted molar refractivity (Wildman–Crippen MR) is 70.9 cm³/mol. The summed E-state index contributed by atoms with van der Waals surface area (Å²) in [5.74, 6) is -1.52. The van der Waals surface area contributed by atoms with Gasteiger partial charge in [0.2, 0.25) is 15.9 Å². The van der Waals surface area contributed by atoms with Crippen molar-refractivity contribution < 1.29 is 22.3 Å². The minimum absolute atomic E-state index is 0.110. The number of nitrogen functional groups attached to an aromatic ring is 1. The Morgan fingerprint density at radius 1 is 1.45 bits per heavy atom. The first kappa shape index (κ1) is 16.3. The average Bonchev–Trinajstić information content (AvgIpc) is 2.36. The first-order valence-electron chi connectivity index (χ1n) is 5.67. The van der Waals surface area contributed by atoms with Crippen LogP contribution in [0.1, 0.15) is 0 Å². The number of rotatable bonds is 7. The maximum atomic E-state index is 13.5. The number of hydrogen-bond acceptors (Lipinski definition) is 5. The number of amides is 1. The van der Waals surface area contributed by atoms with Gasteiger partial charge in [-0.2, -0.15) is 0 Å². The van der Waals surface area contributed by atoms with Gasteiger partial charge in [0.05, 0.1) is 13.2 Å². The Kier molecular flexibility index (Phi) is 5.86. The lowest BCUT2D eigenvalue weighted by molar-refractivity contribution is -0.120. The fraction of sp³-hybridized carbons (Fsp3) is 0.364. The van der Waals surface area contributed by atoms with Crippen LogP contribution in [-0.4, -0.2) is 41.1 Å². The van der Waals surface area contributed by atoms with Crippen molar-refractivity contribution in [2.24, 2.45) is 0 Å². The molecule has 0 radical (unpaired) electrons. The number of carbonyl (C=O) groups is 1. The summed E-state index contributed by atoms with van der Waals surface area (Å²) in [6.07, 6.45) is 0. The molecule has 112 valence electrons. The lowest BCUT2D eigenvalue weighted by atomic mass is 10.3. The Bertz CT molecular complexity index is 577. The molecule has 0 saturated heterocycles. The molecule has 0 aromatic heterocycles. The van der Waals surface area contributed by atoms with Crippen molar-refractivity contribution in [2.45, 2.75) is 4.90 Å². The average molecular weight is 305 g/mol. The molecular formula is C11H16FN3O4S. The summed E-state index contributed by atoms with van der Waals surface area (Å²) >= 11 is 0. The van der Waals surface area contributed by atoms with Crippen LogP contribution in [0.4, 0.5) is 10.1 Å². The number of benzene rings is 1. The highest BCUT2D eigenvalue weighted by Gasteiger charge is 2.19. The van der Waals surface area contributed by atoms with Gasteiger partial charge in [0, 0.05) is 19.3 Å². The van der Waals surface area contributed by atoms with E-state index in [4.69, 9.17) is 10.5 Å². The number of carbonyl (C=O) groups excluding carboxylic acids is 1. The van der Waals surface area contributed by atoms with Crippen LogP contribution in [0.25, 0.3) is 0 Å². The standard InChI is InChI=1S/C11H16FN3O4S/c1-19-5-4-14-11(16)7-15-20(17,18)10-3-2-8(13)6-9(10)12/h2-3,6,15H,4-5,7,13H2,1H3,(H,14,16). The van der Waals surface area contributed by atoms with E-state index < -0.39 is 33.2 Å². The molecular weight excluding hydrogens is 289 g/mol. The van der Waals surface area contributed by atoms with Crippen LogP contribution < -0.4 is 15.8 Å². The van der Waals surface area contributed by atoms with Gasteiger partial charge in [-0.05, 0) is 18.2 Å². The molecule has 0 bridgehead atoms. The topological polar surface area (TPSA) is 111 Å². The highest BCUT2D eigenvalue weighted by molar-refractivity contribution is 7.89. The van der Waals surface area contributed by atoms with Gasteiger partial charge in [0.25, 0.3) is 0 Å². The van der Waals surface area contributed by atoms with Gasteiger partial charge in [-0.1, -0.05) is 0 Å². The third kappa shape index (κ3) is 4.76. The van der Waals surface area contributed by atoms with Crippen molar-refractivity contribution in [1.29, 1.82) is 0 Å². The van der Waals surface area contributed by atoms with E-state index in [0.29, 0.717) is 6.61 Å². The van der Waals surface area contributed by atoms with Gasteiger partial charge in [0.1, 0.15) is 10.7 Å². The lowest BCUT2D eigenvalue weighted by Gasteiger charge is -2.08. The van der Waals surface area contributed by atoms with E-state index in [1.165, 1.54) is 13.2 Å². The smallest absolute Gasteiger partial charge is 0.243 e. The van der Waals surface area contributed by atoms with Crippen LogP contribution in [0.15, 0.2) is 23.1 Å². The van der Waals surface area contributed by atoms with Crippen LogP contribution in [0.2, 0.25) is 0 Å². The van der Waals surface area contributed by atoms with Crippen LogP contribution in [0, 0.1) is 5.82 Å². The van der Waals surface area contributed by atoms with Gasteiger partial charge >= 0.3 is 0 Å². The summed E-state index contributed by atoms with van der Waals surface area (Å²) < 4.78 is 43.8. The van der Waals surface area contributed by atoms with E-state index in [1.807, 2.05) is 4.72 Å². The predicted octanol–water partition coefficient (Wildman–Crippen LogP) is -0.551. The Balaban J connectivity index is 2.64. The van der Waals surface area contributed by atoms with E-state index in [9.17, 15) is 17.6 Å². The zero-order valence-electron chi connectivity index (χ0n) is 10.8. The largest absolute Gasteiger partial charge is 0.399 e. The number of sulfonamides is 1. The van der Waals surface area contributed by atoms with Crippen LogP contribution >= 0.6 is 0 Å². The fourth-order valence-electron chi connectivity index (χ4n) is 1.33. The summed E-state index contributed by atoms with van der Waals surface area (Å²) in [7, 11) is -2.64. The molecule has 1 amide bonds. The highest BCUT2D eigenvalue weighted by atomic mass is 32.2. The van der Waals surface area contributed by atoms with Gasteiger partial charge in [0.15, 0.2) is 0 Å². The van der Waals surface area contributed by atoms with E-state index in [-0.39, 0.29) is 12.2 Å². The zero-order chi connectivity index (χ0) is 15.2. The molecule has 0 fully saturated rings. The Morgan fingerprint density at radius 2 is 2.15 bits per heavy atom. The molecule has 0 atom stereocenters. The van der Waals surface area contributed by atoms with Crippen LogP contribution in [-0.2, 0) is 19.6 Å². The summed E-state index contributed by atoms with van der Waals surface area (Å²) in [5.41, 5.74) is 5.44. The maximum absolute atomic E-state index is 13.5. The third-order valence-corrected chi connectivity index (χ3v) is 3.73. The van der Waals surface area contributed by atoms with Crippen molar-refractivity contribution >= 4 is 21.6 Å². The van der Waals surface area contributed by atoms with Gasteiger partial charge in [-0.3, -0.25) is 4.79 Å². The van der Waals surface area contributed by atoms with Crippen LogP contribution in [0.5, 0.6) is 0 Å². The number of ether oxygens (including phenoxy) is 1. The minimum atomic E-state index is -4.11. The molecule has 9 heteroatoms. The Morgan fingerprint density at radius 3 is 2.75 bits per heavy atom. The quantitative estimate of drug-likeness (QED) is 0.462. The number of anilines is 1. The summed E-state index contributed by atoms with van der Waals surface area (Å²) in [5, 5.41) is 2.43. The molecule has 20 heavy (non-hydrogen) atoms. The number of nitrogens with one attached hydrogen (secondary N) is 2. The number of nitrogens with two attached hydrogens (primary N) is 1. The minimum Gasteiger partial charge on any atom is -0.399 e. The third-order valence-electron chi connectivity index (χ3n) is 2.30. The van der Waals surface area contributed by atoms with Crippen molar-refractivity contribution in [2.75, 3.05) is 32.5 Å². The second kappa shape index (κ2) is 7.17.